The van der Waals surface area contributed by atoms with E-state index in [0.29, 0.717) is 19.0 Å². The molecule has 1 aliphatic heterocycles. The summed E-state index contributed by atoms with van der Waals surface area (Å²) < 4.78 is 10.6. The first-order valence-electron chi connectivity index (χ1n) is 5.34. The Morgan fingerprint density at radius 2 is 1.93 bits per heavy atom. The summed E-state index contributed by atoms with van der Waals surface area (Å²) in [6.07, 6.45) is -0.105. The maximum atomic E-state index is 11.7. The molecule has 4 heteroatoms. The monoisotopic (exact) mass is 215 g/mol. The summed E-state index contributed by atoms with van der Waals surface area (Å²) in [5.74, 6) is 0.377. The molecule has 0 spiro atoms. The number of ether oxygens (including phenoxy) is 2. The van der Waals surface area contributed by atoms with Crippen molar-refractivity contribution < 1.29 is 14.3 Å². The molecule has 4 nitrogen and oxygen atoms in total. The molecule has 15 heavy (non-hydrogen) atoms. The summed E-state index contributed by atoms with van der Waals surface area (Å²) in [5.41, 5.74) is -0.425. The average Bonchev–Trinajstić information content (AvgIpc) is 2.43. The van der Waals surface area contributed by atoms with Crippen molar-refractivity contribution in [1.82, 2.24) is 4.90 Å². The summed E-state index contributed by atoms with van der Waals surface area (Å²) in [7, 11) is 1.68. The topological polar surface area (TPSA) is 38.8 Å². The van der Waals surface area contributed by atoms with Gasteiger partial charge in [-0.05, 0) is 20.8 Å². The molecule has 1 heterocycles. The molecule has 1 saturated heterocycles. The van der Waals surface area contributed by atoms with Crippen LogP contribution < -0.4 is 0 Å². The van der Waals surface area contributed by atoms with Crippen molar-refractivity contribution in [3.63, 3.8) is 0 Å². The minimum absolute atomic E-state index is 0.137. The lowest BCUT2D eigenvalue weighted by Gasteiger charge is -2.24. The van der Waals surface area contributed by atoms with Crippen LogP contribution in [-0.4, -0.2) is 42.9 Å². The number of nitrogens with zero attached hydrogens (tertiary/aromatic N) is 1. The van der Waals surface area contributed by atoms with Crippen LogP contribution in [0.2, 0.25) is 0 Å². The number of carbonyl (C=O) groups excluding carboxylic acids is 1. The van der Waals surface area contributed by atoms with E-state index in [0.717, 1.165) is 0 Å². The molecule has 0 radical (unpaired) electrons. The first-order valence-corrected chi connectivity index (χ1v) is 5.34. The quantitative estimate of drug-likeness (QED) is 0.670. The Balaban J connectivity index is 2.50. The zero-order valence-corrected chi connectivity index (χ0v) is 10.2. The molecule has 0 aromatic rings. The average molecular weight is 215 g/mol. The Labute approximate surface area is 91.5 Å². The van der Waals surface area contributed by atoms with Gasteiger partial charge in [-0.1, -0.05) is 6.92 Å². The molecule has 0 N–H and O–H groups in total. The lowest BCUT2D eigenvalue weighted by molar-refractivity contribution is 0.0252. The van der Waals surface area contributed by atoms with Crippen molar-refractivity contribution in [3.8, 4) is 0 Å². The lowest BCUT2D eigenvalue weighted by atomic mass is 10.1. The predicted octanol–water partition coefficient (Wildman–Crippen LogP) is 1.89. The van der Waals surface area contributed by atoms with Crippen LogP contribution in [0.5, 0.6) is 0 Å². The number of hydrogen-bond acceptors (Lipinski definition) is 3. The van der Waals surface area contributed by atoms with Gasteiger partial charge in [0, 0.05) is 19.6 Å². The highest BCUT2D eigenvalue weighted by Crippen LogP contribution is 2.21. The number of rotatable bonds is 1. The van der Waals surface area contributed by atoms with Gasteiger partial charge in [0.05, 0.1) is 12.6 Å². The summed E-state index contributed by atoms with van der Waals surface area (Å²) in [5, 5.41) is 0. The van der Waals surface area contributed by atoms with Crippen LogP contribution in [0.15, 0.2) is 0 Å². The largest absolute Gasteiger partial charge is 0.444 e. The van der Waals surface area contributed by atoms with E-state index in [1.54, 1.807) is 12.0 Å². The van der Waals surface area contributed by atoms with Gasteiger partial charge in [0.15, 0.2) is 0 Å². The van der Waals surface area contributed by atoms with Crippen LogP contribution in [0.1, 0.15) is 27.7 Å². The van der Waals surface area contributed by atoms with Crippen LogP contribution in [0.25, 0.3) is 0 Å². The molecule has 1 rings (SSSR count). The molecule has 0 aromatic heterocycles. The minimum atomic E-state index is -0.425. The zero-order chi connectivity index (χ0) is 11.6. The predicted molar refractivity (Wildman–Crippen MR) is 57.8 cm³/mol. The molecule has 2 atom stereocenters. The third-order valence-electron chi connectivity index (χ3n) is 2.50. The van der Waals surface area contributed by atoms with E-state index in [1.165, 1.54) is 0 Å². The second kappa shape index (κ2) is 4.39. The van der Waals surface area contributed by atoms with Crippen molar-refractivity contribution in [2.24, 2.45) is 5.92 Å². The molecular weight excluding hydrogens is 194 g/mol. The smallest absolute Gasteiger partial charge is 0.410 e. The molecule has 1 amide bonds. The molecule has 0 unspecified atom stereocenters. The number of hydrogen-bond donors (Lipinski definition) is 0. The second-order valence-corrected chi connectivity index (χ2v) is 5.14. The molecule has 88 valence electrons. The van der Waals surface area contributed by atoms with Gasteiger partial charge in [-0.15, -0.1) is 0 Å². The first kappa shape index (κ1) is 12.3. The van der Waals surface area contributed by atoms with E-state index in [4.69, 9.17) is 9.47 Å². The van der Waals surface area contributed by atoms with Gasteiger partial charge in [0.1, 0.15) is 5.60 Å². The second-order valence-electron chi connectivity index (χ2n) is 5.14. The molecular formula is C11H21NO3. The highest BCUT2D eigenvalue weighted by Gasteiger charge is 2.34. The fourth-order valence-corrected chi connectivity index (χ4v) is 1.72. The molecule has 0 saturated carbocycles. The number of carbonyl (C=O) groups is 1. The molecule has 0 aromatic carbocycles. The van der Waals surface area contributed by atoms with Crippen molar-refractivity contribution in [1.29, 1.82) is 0 Å². The van der Waals surface area contributed by atoms with Gasteiger partial charge in [0.2, 0.25) is 0 Å². The fourth-order valence-electron chi connectivity index (χ4n) is 1.72. The van der Waals surface area contributed by atoms with Gasteiger partial charge in [-0.25, -0.2) is 4.79 Å². The highest BCUT2D eigenvalue weighted by molar-refractivity contribution is 5.68. The van der Waals surface area contributed by atoms with E-state index in [1.807, 2.05) is 20.8 Å². The third kappa shape index (κ3) is 3.38. The van der Waals surface area contributed by atoms with Gasteiger partial charge in [-0.2, -0.15) is 0 Å². The van der Waals surface area contributed by atoms with Gasteiger partial charge in [0.25, 0.3) is 0 Å². The molecule has 1 fully saturated rings. The highest BCUT2D eigenvalue weighted by atomic mass is 16.6. The number of likely N-dealkylation sites (tertiary alicyclic amines) is 1. The van der Waals surface area contributed by atoms with E-state index in [-0.39, 0.29) is 12.2 Å². The minimum Gasteiger partial charge on any atom is -0.444 e. The van der Waals surface area contributed by atoms with Crippen molar-refractivity contribution in [3.05, 3.63) is 0 Å². The van der Waals surface area contributed by atoms with E-state index in [9.17, 15) is 4.79 Å². The van der Waals surface area contributed by atoms with E-state index < -0.39 is 5.60 Å². The van der Waals surface area contributed by atoms with Crippen LogP contribution in [0.4, 0.5) is 4.79 Å². The first-order chi connectivity index (χ1) is 6.83. The molecule has 0 aliphatic carbocycles. The van der Waals surface area contributed by atoms with Crippen LogP contribution in [-0.2, 0) is 9.47 Å². The summed E-state index contributed by atoms with van der Waals surface area (Å²) in [6, 6.07) is 0. The van der Waals surface area contributed by atoms with Crippen LogP contribution in [0, 0.1) is 5.92 Å². The van der Waals surface area contributed by atoms with Crippen molar-refractivity contribution in [2.45, 2.75) is 39.4 Å². The standard InChI is InChI=1S/C11H21NO3/c1-8-6-12(7-9(8)14-5)10(13)15-11(2,3)4/h8-9H,6-7H2,1-5H3/t8-,9-/m1/s1. The van der Waals surface area contributed by atoms with Gasteiger partial charge >= 0.3 is 6.09 Å². The van der Waals surface area contributed by atoms with Gasteiger partial charge < -0.3 is 14.4 Å². The Hall–Kier alpha value is -0.770. The molecule has 1 aliphatic rings. The zero-order valence-electron chi connectivity index (χ0n) is 10.2. The van der Waals surface area contributed by atoms with Crippen LogP contribution in [0.3, 0.4) is 0 Å². The van der Waals surface area contributed by atoms with Crippen LogP contribution >= 0.6 is 0 Å². The van der Waals surface area contributed by atoms with E-state index in [2.05, 4.69) is 6.92 Å². The van der Waals surface area contributed by atoms with E-state index >= 15 is 0 Å². The van der Waals surface area contributed by atoms with Crippen molar-refractivity contribution in [2.75, 3.05) is 20.2 Å². The Bertz CT molecular complexity index is 234. The summed E-state index contributed by atoms with van der Waals surface area (Å²) >= 11 is 0. The number of amides is 1. The maximum Gasteiger partial charge on any atom is 0.410 e. The number of methoxy groups -OCH3 is 1. The fraction of sp³-hybridized carbons (Fsp3) is 0.909. The Morgan fingerprint density at radius 1 is 1.33 bits per heavy atom. The summed E-state index contributed by atoms with van der Waals surface area (Å²) in [6.45, 7) is 9.05. The normalized spacial score (nSPS) is 26.9. The Kier molecular flexibility index (Phi) is 3.60. The Morgan fingerprint density at radius 3 is 2.33 bits per heavy atom. The van der Waals surface area contributed by atoms with Gasteiger partial charge in [-0.3, -0.25) is 0 Å². The third-order valence-corrected chi connectivity index (χ3v) is 2.50. The lowest BCUT2D eigenvalue weighted by Crippen LogP contribution is -2.36. The summed E-state index contributed by atoms with van der Waals surface area (Å²) in [4.78, 5) is 13.4. The SMILES string of the molecule is CO[C@@H]1CN(C(=O)OC(C)(C)C)C[C@H]1C. The molecule has 0 bridgehead atoms. The van der Waals surface area contributed by atoms with Crippen molar-refractivity contribution >= 4 is 6.09 Å². The maximum absolute atomic E-state index is 11.7.